The van der Waals surface area contributed by atoms with Crippen LogP contribution in [0, 0.1) is 11.8 Å². The molecule has 2 saturated heterocycles. The molecule has 0 saturated carbocycles. The van der Waals surface area contributed by atoms with E-state index >= 15 is 0 Å². The average molecular weight is 252 g/mol. The summed E-state index contributed by atoms with van der Waals surface area (Å²) in [5.41, 5.74) is 0. The molecule has 2 heterocycles. The fourth-order valence-electron chi connectivity index (χ4n) is 3.27. The fourth-order valence-corrected chi connectivity index (χ4v) is 3.27. The highest BCUT2D eigenvalue weighted by molar-refractivity contribution is 5.77. The van der Waals surface area contributed by atoms with Crippen LogP contribution in [0.4, 0.5) is 0 Å². The Morgan fingerprint density at radius 3 is 2.44 bits per heavy atom. The Labute approximate surface area is 112 Å². The number of carbonyl (C=O) groups excluding carboxylic acids is 1. The summed E-state index contributed by atoms with van der Waals surface area (Å²) in [6, 6.07) is 0. The van der Waals surface area contributed by atoms with Crippen molar-refractivity contribution in [3.8, 4) is 0 Å². The van der Waals surface area contributed by atoms with Crippen molar-refractivity contribution in [3.05, 3.63) is 0 Å². The zero-order valence-corrected chi connectivity index (χ0v) is 12.0. The molecule has 1 amide bonds. The molecule has 0 aliphatic carbocycles. The van der Waals surface area contributed by atoms with Crippen LogP contribution in [0.5, 0.6) is 0 Å². The molecule has 0 unspecified atom stereocenters. The molecule has 2 fully saturated rings. The van der Waals surface area contributed by atoms with E-state index in [0.717, 1.165) is 44.2 Å². The van der Waals surface area contributed by atoms with Crippen molar-refractivity contribution < 1.29 is 4.79 Å². The number of rotatable bonds is 5. The summed E-state index contributed by atoms with van der Waals surface area (Å²) in [6.45, 7) is 10.4. The second-order valence-corrected chi connectivity index (χ2v) is 6.26. The van der Waals surface area contributed by atoms with Crippen molar-refractivity contribution in [3.63, 3.8) is 0 Å². The molecule has 18 heavy (non-hydrogen) atoms. The van der Waals surface area contributed by atoms with Gasteiger partial charge in [0, 0.05) is 19.5 Å². The normalized spacial score (nSPS) is 23.3. The lowest BCUT2D eigenvalue weighted by molar-refractivity contribution is -0.127. The number of carbonyl (C=O) groups is 1. The van der Waals surface area contributed by atoms with Gasteiger partial charge in [0.05, 0.1) is 0 Å². The van der Waals surface area contributed by atoms with Crippen LogP contribution in [-0.2, 0) is 4.79 Å². The standard InChI is InChI=1S/C15H28N2O/c1-13(2)14-6-11-16(12-7-14)8-4-10-17-9-3-5-15(17)18/h13-14H,3-12H2,1-2H3. The first kappa shape index (κ1) is 13.9. The third-order valence-corrected chi connectivity index (χ3v) is 4.65. The highest BCUT2D eigenvalue weighted by Gasteiger charge is 2.22. The number of hydrogen-bond acceptors (Lipinski definition) is 2. The predicted molar refractivity (Wildman–Crippen MR) is 74.4 cm³/mol. The van der Waals surface area contributed by atoms with Gasteiger partial charge < -0.3 is 9.80 Å². The van der Waals surface area contributed by atoms with Crippen LogP contribution in [0.15, 0.2) is 0 Å². The van der Waals surface area contributed by atoms with Gasteiger partial charge in [-0.25, -0.2) is 0 Å². The minimum absolute atomic E-state index is 0.369. The molecular formula is C15H28N2O. The largest absolute Gasteiger partial charge is 0.343 e. The molecule has 0 aromatic heterocycles. The molecular weight excluding hydrogens is 224 g/mol. The van der Waals surface area contributed by atoms with Gasteiger partial charge in [-0.15, -0.1) is 0 Å². The van der Waals surface area contributed by atoms with E-state index in [9.17, 15) is 4.79 Å². The van der Waals surface area contributed by atoms with E-state index in [0.29, 0.717) is 5.91 Å². The van der Waals surface area contributed by atoms with E-state index in [2.05, 4.69) is 18.7 Å². The summed E-state index contributed by atoms with van der Waals surface area (Å²) in [5.74, 6) is 2.14. The first-order valence-corrected chi connectivity index (χ1v) is 7.67. The van der Waals surface area contributed by atoms with Gasteiger partial charge in [-0.05, 0) is 57.2 Å². The highest BCUT2D eigenvalue weighted by atomic mass is 16.2. The molecule has 2 rings (SSSR count). The van der Waals surface area contributed by atoms with E-state index in [1.165, 1.54) is 32.5 Å². The predicted octanol–water partition coefficient (Wildman–Crippen LogP) is 2.37. The van der Waals surface area contributed by atoms with E-state index in [1.807, 2.05) is 4.90 Å². The van der Waals surface area contributed by atoms with Crippen LogP contribution in [0.3, 0.4) is 0 Å². The van der Waals surface area contributed by atoms with Crippen LogP contribution < -0.4 is 0 Å². The van der Waals surface area contributed by atoms with E-state index in [1.54, 1.807) is 0 Å². The fraction of sp³-hybridized carbons (Fsp3) is 0.933. The van der Waals surface area contributed by atoms with Crippen LogP contribution >= 0.6 is 0 Å². The lowest BCUT2D eigenvalue weighted by Crippen LogP contribution is -2.37. The molecule has 3 nitrogen and oxygen atoms in total. The van der Waals surface area contributed by atoms with Crippen LogP contribution in [0.25, 0.3) is 0 Å². The molecule has 0 radical (unpaired) electrons. The van der Waals surface area contributed by atoms with Gasteiger partial charge in [-0.2, -0.15) is 0 Å². The van der Waals surface area contributed by atoms with E-state index in [-0.39, 0.29) is 0 Å². The molecule has 0 bridgehead atoms. The number of nitrogens with zero attached hydrogens (tertiary/aromatic N) is 2. The third-order valence-electron chi connectivity index (χ3n) is 4.65. The molecule has 0 aromatic rings. The molecule has 3 heteroatoms. The molecule has 0 spiro atoms. The van der Waals surface area contributed by atoms with Crippen LogP contribution in [0.2, 0.25) is 0 Å². The Bertz CT molecular complexity index is 270. The summed E-state index contributed by atoms with van der Waals surface area (Å²) in [4.78, 5) is 16.1. The SMILES string of the molecule is CC(C)C1CCN(CCCN2CCCC2=O)CC1. The summed E-state index contributed by atoms with van der Waals surface area (Å²) < 4.78 is 0. The second kappa shape index (κ2) is 6.55. The van der Waals surface area contributed by atoms with Gasteiger partial charge in [-0.1, -0.05) is 13.8 Å². The Kier molecular flexibility index (Phi) is 5.04. The first-order valence-electron chi connectivity index (χ1n) is 7.67. The van der Waals surface area contributed by atoms with E-state index < -0.39 is 0 Å². The van der Waals surface area contributed by atoms with Crippen molar-refractivity contribution in [2.75, 3.05) is 32.7 Å². The molecule has 0 N–H and O–H groups in total. The smallest absolute Gasteiger partial charge is 0.222 e. The third kappa shape index (κ3) is 3.71. The quantitative estimate of drug-likeness (QED) is 0.750. The minimum atomic E-state index is 0.369. The Balaban J connectivity index is 1.59. The molecule has 0 atom stereocenters. The topological polar surface area (TPSA) is 23.6 Å². The van der Waals surface area contributed by atoms with Crippen LogP contribution in [-0.4, -0.2) is 48.4 Å². The molecule has 0 aromatic carbocycles. The summed E-state index contributed by atoms with van der Waals surface area (Å²) >= 11 is 0. The van der Waals surface area contributed by atoms with Gasteiger partial charge >= 0.3 is 0 Å². The minimum Gasteiger partial charge on any atom is -0.343 e. The van der Waals surface area contributed by atoms with Gasteiger partial charge in [0.2, 0.25) is 5.91 Å². The zero-order valence-electron chi connectivity index (χ0n) is 12.0. The van der Waals surface area contributed by atoms with Gasteiger partial charge in [-0.3, -0.25) is 4.79 Å². The molecule has 2 aliphatic heterocycles. The number of hydrogen-bond donors (Lipinski definition) is 0. The first-order chi connectivity index (χ1) is 8.66. The number of piperidine rings is 1. The van der Waals surface area contributed by atoms with Gasteiger partial charge in [0.15, 0.2) is 0 Å². The zero-order chi connectivity index (χ0) is 13.0. The Morgan fingerprint density at radius 2 is 1.89 bits per heavy atom. The summed E-state index contributed by atoms with van der Waals surface area (Å²) in [7, 11) is 0. The lowest BCUT2D eigenvalue weighted by Gasteiger charge is -2.34. The summed E-state index contributed by atoms with van der Waals surface area (Å²) in [6.07, 6.45) is 5.72. The maximum atomic E-state index is 11.5. The van der Waals surface area contributed by atoms with Gasteiger partial charge in [0.1, 0.15) is 0 Å². The molecule has 2 aliphatic rings. The lowest BCUT2D eigenvalue weighted by atomic mass is 9.87. The highest BCUT2D eigenvalue weighted by Crippen LogP contribution is 2.24. The number of amides is 1. The van der Waals surface area contributed by atoms with Crippen molar-refractivity contribution in [1.29, 1.82) is 0 Å². The summed E-state index contributed by atoms with van der Waals surface area (Å²) in [5, 5.41) is 0. The van der Waals surface area contributed by atoms with Crippen molar-refractivity contribution in [1.82, 2.24) is 9.80 Å². The molecule has 104 valence electrons. The number of likely N-dealkylation sites (tertiary alicyclic amines) is 2. The Morgan fingerprint density at radius 1 is 1.17 bits per heavy atom. The second-order valence-electron chi connectivity index (χ2n) is 6.26. The Hall–Kier alpha value is -0.570. The van der Waals surface area contributed by atoms with Crippen molar-refractivity contribution >= 4 is 5.91 Å². The monoisotopic (exact) mass is 252 g/mol. The van der Waals surface area contributed by atoms with Crippen molar-refractivity contribution in [2.45, 2.75) is 46.0 Å². The van der Waals surface area contributed by atoms with Crippen molar-refractivity contribution in [2.24, 2.45) is 11.8 Å². The van der Waals surface area contributed by atoms with Gasteiger partial charge in [0.25, 0.3) is 0 Å². The maximum absolute atomic E-state index is 11.5. The average Bonchev–Trinajstić information content (AvgIpc) is 2.76. The van der Waals surface area contributed by atoms with E-state index in [4.69, 9.17) is 0 Å². The maximum Gasteiger partial charge on any atom is 0.222 e. The van der Waals surface area contributed by atoms with Crippen LogP contribution in [0.1, 0.15) is 46.0 Å².